The number of hydrogen-bond acceptors (Lipinski definition) is 3. The molecule has 2 rings (SSSR count). The summed E-state index contributed by atoms with van der Waals surface area (Å²) in [7, 11) is 0. The van der Waals surface area contributed by atoms with Crippen LogP contribution in [0, 0.1) is 0 Å². The zero-order chi connectivity index (χ0) is 21.4. The highest BCUT2D eigenvalue weighted by atomic mass is 35.5. The van der Waals surface area contributed by atoms with E-state index in [2.05, 4.69) is 0 Å². The number of carboxylic acid groups (broad SMARTS) is 1. The molecule has 1 aliphatic rings. The van der Waals surface area contributed by atoms with Gasteiger partial charge in [0.1, 0.15) is 6.10 Å². The van der Waals surface area contributed by atoms with Gasteiger partial charge in [0.05, 0.1) is 6.04 Å². The minimum atomic E-state index is -3.50. The molecule has 1 aromatic rings. The van der Waals surface area contributed by atoms with Crippen LogP contribution >= 0.6 is 11.6 Å². The molecule has 1 heterocycles. The molecule has 8 heteroatoms. The van der Waals surface area contributed by atoms with E-state index in [9.17, 15) is 23.5 Å². The number of nitrogens with zero attached hydrogens (tertiary/aromatic N) is 1. The van der Waals surface area contributed by atoms with Crippen molar-refractivity contribution >= 4 is 23.5 Å². The molecule has 2 atom stereocenters. The average Bonchev–Trinajstić information content (AvgIpc) is 3.02. The monoisotopic (exact) mass is 429 g/mol. The van der Waals surface area contributed by atoms with Crippen LogP contribution in [0.3, 0.4) is 0 Å². The van der Waals surface area contributed by atoms with E-state index in [1.54, 1.807) is 4.90 Å². The van der Waals surface area contributed by atoms with E-state index >= 15 is 0 Å². The Morgan fingerprint density at radius 2 is 2.03 bits per heavy atom. The Kier molecular flexibility index (Phi) is 8.59. The van der Waals surface area contributed by atoms with Gasteiger partial charge in [-0.15, -0.1) is 0 Å². The van der Waals surface area contributed by atoms with Crippen LogP contribution in [0.5, 0.6) is 0 Å². The van der Waals surface area contributed by atoms with Crippen LogP contribution in [0.2, 0.25) is 5.02 Å². The van der Waals surface area contributed by atoms with Crippen molar-refractivity contribution < 1.29 is 28.6 Å². The molecular weight excluding hydrogens is 404 g/mol. The van der Waals surface area contributed by atoms with E-state index in [1.807, 2.05) is 0 Å². The number of carbonyl (C=O) groups is 2. The Balaban J connectivity index is 1.90. The van der Waals surface area contributed by atoms with Gasteiger partial charge in [0, 0.05) is 30.0 Å². The third kappa shape index (κ3) is 6.78. The summed E-state index contributed by atoms with van der Waals surface area (Å²) in [6, 6.07) is 4.88. The van der Waals surface area contributed by atoms with Crippen LogP contribution in [0.1, 0.15) is 50.5 Å². The van der Waals surface area contributed by atoms with E-state index < -0.39 is 18.0 Å². The number of carbonyl (C=O) groups excluding carboxylic acids is 1. The zero-order valence-electron chi connectivity index (χ0n) is 16.1. The summed E-state index contributed by atoms with van der Waals surface area (Å²) in [6.45, 7) is 0.488. The quantitative estimate of drug-likeness (QED) is 0.404. The Labute approximate surface area is 174 Å². The highest BCUT2D eigenvalue weighted by Gasteiger charge is 2.39. The minimum Gasteiger partial charge on any atom is -0.481 e. The molecule has 0 spiro atoms. The van der Waals surface area contributed by atoms with Gasteiger partial charge in [-0.3, -0.25) is 9.59 Å². The lowest BCUT2D eigenvalue weighted by atomic mass is 10.0. The molecule has 0 saturated carbocycles. The Bertz CT molecular complexity index is 741. The maximum absolute atomic E-state index is 14.5. The van der Waals surface area contributed by atoms with E-state index in [0.29, 0.717) is 25.8 Å². The number of benzene rings is 1. The molecule has 0 aromatic heterocycles. The molecule has 0 aliphatic carbocycles. The molecule has 1 amide bonds. The molecule has 5 nitrogen and oxygen atoms in total. The van der Waals surface area contributed by atoms with Crippen molar-refractivity contribution in [2.75, 3.05) is 6.54 Å². The largest absolute Gasteiger partial charge is 0.481 e. The third-order valence-electron chi connectivity index (χ3n) is 5.01. The first-order valence-electron chi connectivity index (χ1n) is 9.73. The van der Waals surface area contributed by atoms with Gasteiger partial charge in [-0.25, -0.2) is 0 Å². The number of aliphatic hydroxyl groups excluding tert-OH is 1. The number of aliphatic hydroxyl groups is 1. The maximum Gasteiger partial charge on any atom is 0.303 e. The number of rotatable bonds is 11. The van der Waals surface area contributed by atoms with E-state index in [0.717, 1.165) is 31.4 Å². The molecule has 1 aromatic carbocycles. The third-order valence-corrected chi connectivity index (χ3v) is 5.25. The number of halogens is 3. The number of amides is 1. The number of aliphatic carboxylic acids is 1. The summed E-state index contributed by atoms with van der Waals surface area (Å²) in [4.78, 5) is 24.2. The fraction of sp³-hybridized carbons (Fsp3) is 0.524. The number of alkyl halides is 2. The lowest BCUT2D eigenvalue weighted by Crippen LogP contribution is -2.34. The highest BCUT2D eigenvalue weighted by Crippen LogP contribution is 2.34. The Morgan fingerprint density at radius 1 is 1.31 bits per heavy atom. The fourth-order valence-corrected chi connectivity index (χ4v) is 3.57. The second kappa shape index (κ2) is 10.7. The van der Waals surface area contributed by atoms with Crippen LogP contribution in [0.15, 0.2) is 36.4 Å². The summed E-state index contributed by atoms with van der Waals surface area (Å²) in [5.41, 5.74) is -0.372. The summed E-state index contributed by atoms with van der Waals surface area (Å²) in [5, 5.41) is 18.8. The fourth-order valence-electron chi connectivity index (χ4n) is 3.38. The Morgan fingerprint density at radius 3 is 2.72 bits per heavy atom. The number of carboxylic acids is 1. The van der Waals surface area contributed by atoms with Gasteiger partial charge in [-0.05, 0) is 31.4 Å². The maximum atomic E-state index is 14.5. The first-order valence-corrected chi connectivity index (χ1v) is 10.1. The van der Waals surface area contributed by atoms with Crippen molar-refractivity contribution in [1.82, 2.24) is 4.90 Å². The highest BCUT2D eigenvalue weighted by molar-refractivity contribution is 6.30. The lowest BCUT2D eigenvalue weighted by molar-refractivity contribution is -0.137. The van der Waals surface area contributed by atoms with Gasteiger partial charge in [0.15, 0.2) is 0 Å². The van der Waals surface area contributed by atoms with Crippen LogP contribution < -0.4 is 0 Å². The minimum absolute atomic E-state index is 0.0405. The van der Waals surface area contributed by atoms with Crippen molar-refractivity contribution in [1.29, 1.82) is 0 Å². The van der Waals surface area contributed by atoms with E-state index in [1.165, 1.54) is 24.3 Å². The summed E-state index contributed by atoms with van der Waals surface area (Å²) >= 11 is 5.76. The zero-order valence-corrected chi connectivity index (χ0v) is 16.8. The molecule has 1 fully saturated rings. The molecule has 160 valence electrons. The topological polar surface area (TPSA) is 77.8 Å². The smallest absolute Gasteiger partial charge is 0.303 e. The molecule has 0 bridgehead atoms. The molecule has 2 N–H and O–H groups in total. The summed E-state index contributed by atoms with van der Waals surface area (Å²) < 4.78 is 28.9. The lowest BCUT2D eigenvalue weighted by Gasteiger charge is -2.24. The van der Waals surface area contributed by atoms with Crippen molar-refractivity contribution in [2.45, 2.75) is 63.0 Å². The summed E-state index contributed by atoms with van der Waals surface area (Å²) in [5.74, 6) is -4.36. The predicted molar refractivity (Wildman–Crippen MR) is 106 cm³/mol. The standard InChI is InChI=1S/C21H26ClF2NO4/c22-16-7-5-6-15(14-16)21(23,24)18(26)11-9-17-10-12-19(27)25(17)13-4-2-1-3-8-20(28)29/h5-7,9,11,14,17-18,26H,1-4,8,10,12-13H2,(H,28,29)/b11-9+/t17-,18+/m0/s1. The van der Waals surface area contributed by atoms with Crippen LogP contribution in [0.25, 0.3) is 0 Å². The summed E-state index contributed by atoms with van der Waals surface area (Å²) in [6.07, 6.45) is 4.35. The molecular formula is C21H26ClF2NO4. The normalized spacial score (nSPS) is 18.6. The first-order chi connectivity index (χ1) is 13.7. The SMILES string of the molecule is O=C(O)CCCCCCN1C(=O)CC[C@@H]1/C=C/[C@@H](O)C(F)(F)c1cccc(Cl)c1. The van der Waals surface area contributed by atoms with Crippen molar-refractivity contribution in [2.24, 2.45) is 0 Å². The molecule has 1 aliphatic heterocycles. The van der Waals surface area contributed by atoms with Gasteiger partial charge in [0.25, 0.3) is 0 Å². The predicted octanol–water partition coefficient (Wildman–Crippen LogP) is 4.38. The van der Waals surface area contributed by atoms with Crippen molar-refractivity contribution in [3.63, 3.8) is 0 Å². The van der Waals surface area contributed by atoms with E-state index in [4.69, 9.17) is 16.7 Å². The van der Waals surface area contributed by atoms with Gasteiger partial charge in [-0.1, -0.05) is 48.7 Å². The van der Waals surface area contributed by atoms with Crippen LogP contribution in [-0.4, -0.2) is 45.7 Å². The van der Waals surface area contributed by atoms with Gasteiger partial charge in [-0.2, -0.15) is 8.78 Å². The number of likely N-dealkylation sites (tertiary alicyclic amines) is 1. The van der Waals surface area contributed by atoms with Crippen LogP contribution in [-0.2, 0) is 15.5 Å². The number of hydrogen-bond donors (Lipinski definition) is 2. The molecule has 0 radical (unpaired) electrons. The van der Waals surface area contributed by atoms with Crippen molar-refractivity contribution in [3.8, 4) is 0 Å². The van der Waals surface area contributed by atoms with Gasteiger partial charge >= 0.3 is 11.9 Å². The average molecular weight is 430 g/mol. The van der Waals surface area contributed by atoms with Gasteiger partial charge < -0.3 is 15.1 Å². The first kappa shape index (κ1) is 23.3. The Hall–Kier alpha value is -1.99. The second-order valence-electron chi connectivity index (χ2n) is 7.21. The second-order valence-corrected chi connectivity index (χ2v) is 7.65. The molecule has 1 saturated heterocycles. The number of unbranched alkanes of at least 4 members (excludes halogenated alkanes) is 3. The van der Waals surface area contributed by atoms with Gasteiger partial charge in [0.2, 0.25) is 5.91 Å². The van der Waals surface area contributed by atoms with Crippen molar-refractivity contribution in [3.05, 3.63) is 47.0 Å². The van der Waals surface area contributed by atoms with E-state index in [-0.39, 0.29) is 29.0 Å². The molecule has 29 heavy (non-hydrogen) atoms. The van der Waals surface area contributed by atoms with Crippen LogP contribution in [0.4, 0.5) is 8.78 Å². The molecule has 0 unspecified atom stereocenters.